The van der Waals surface area contributed by atoms with Crippen LogP contribution in [0.3, 0.4) is 0 Å². The molecule has 0 fully saturated rings. The van der Waals surface area contributed by atoms with E-state index in [4.69, 9.17) is 4.74 Å². The monoisotopic (exact) mass is 386 g/mol. The standard InChI is InChI=1S/C25H26N2O2/c28-25(26-16-15-19-9-3-1-4-10-19)22-17-24(27-23-14-8-7-13-21(22)23)29-18-20-11-5-2-6-12-20/h2,5-9,11-14,17H,1,3-4,10,15-16,18H2,(H,26,28). The second-order valence-electron chi connectivity index (χ2n) is 7.41. The molecule has 1 amide bonds. The maximum atomic E-state index is 12.9. The summed E-state index contributed by atoms with van der Waals surface area (Å²) in [6.07, 6.45) is 8.12. The van der Waals surface area contributed by atoms with Crippen molar-refractivity contribution in [2.45, 2.75) is 38.7 Å². The van der Waals surface area contributed by atoms with Gasteiger partial charge in [0.25, 0.3) is 5.91 Å². The van der Waals surface area contributed by atoms with Gasteiger partial charge >= 0.3 is 0 Å². The van der Waals surface area contributed by atoms with E-state index in [1.807, 2.05) is 54.6 Å². The fourth-order valence-corrected chi connectivity index (χ4v) is 3.71. The van der Waals surface area contributed by atoms with Crippen LogP contribution >= 0.6 is 0 Å². The summed E-state index contributed by atoms with van der Waals surface area (Å²) in [5.74, 6) is 0.386. The Labute approximate surface area is 171 Å². The lowest BCUT2D eigenvalue weighted by Gasteiger charge is -2.14. The zero-order chi connectivity index (χ0) is 19.9. The predicted molar refractivity (Wildman–Crippen MR) is 116 cm³/mol. The quantitative estimate of drug-likeness (QED) is 0.551. The largest absolute Gasteiger partial charge is 0.473 e. The second kappa shape index (κ2) is 9.37. The molecular weight excluding hydrogens is 360 g/mol. The Balaban J connectivity index is 1.49. The van der Waals surface area contributed by atoms with E-state index in [0.717, 1.165) is 29.3 Å². The fourth-order valence-electron chi connectivity index (χ4n) is 3.71. The van der Waals surface area contributed by atoms with Gasteiger partial charge in [0, 0.05) is 18.0 Å². The summed E-state index contributed by atoms with van der Waals surface area (Å²) >= 11 is 0. The number of pyridine rings is 1. The van der Waals surface area contributed by atoms with Gasteiger partial charge in [0.15, 0.2) is 0 Å². The van der Waals surface area contributed by atoms with Gasteiger partial charge in [0.05, 0.1) is 11.1 Å². The highest BCUT2D eigenvalue weighted by Crippen LogP contribution is 2.23. The van der Waals surface area contributed by atoms with E-state index in [1.165, 1.54) is 24.8 Å². The van der Waals surface area contributed by atoms with Crippen molar-refractivity contribution in [2.75, 3.05) is 6.54 Å². The van der Waals surface area contributed by atoms with Crippen molar-refractivity contribution in [1.82, 2.24) is 10.3 Å². The van der Waals surface area contributed by atoms with E-state index < -0.39 is 0 Å². The molecule has 1 N–H and O–H groups in total. The van der Waals surface area contributed by atoms with E-state index in [9.17, 15) is 4.79 Å². The van der Waals surface area contributed by atoms with Gasteiger partial charge in [-0.05, 0) is 43.7 Å². The van der Waals surface area contributed by atoms with Gasteiger partial charge in [-0.3, -0.25) is 4.79 Å². The third kappa shape index (κ3) is 5.02. The molecule has 29 heavy (non-hydrogen) atoms. The molecule has 1 heterocycles. The molecule has 4 rings (SSSR count). The molecule has 0 bridgehead atoms. The van der Waals surface area contributed by atoms with Gasteiger partial charge in [-0.2, -0.15) is 0 Å². The van der Waals surface area contributed by atoms with E-state index in [1.54, 1.807) is 6.07 Å². The number of para-hydroxylation sites is 1. The number of allylic oxidation sites excluding steroid dienone is 1. The second-order valence-corrected chi connectivity index (χ2v) is 7.41. The van der Waals surface area contributed by atoms with E-state index in [-0.39, 0.29) is 5.91 Å². The Bertz CT molecular complexity index is 1010. The minimum atomic E-state index is -0.0791. The molecule has 1 aliphatic rings. The molecule has 0 saturated heterocycles. The van der Waals surface area contributed by atoms with Crippen LogP contribution in [0.5, 0.6) is 5.88 Å². The number of rotatable bonds is 7. The molecule has 0 unspecified atom stereocenters. The van der Waals surface area contributed by atoms with Crippen LogP contribution < -0.4 is 10.1 Å². The molecule has 0 atom stereocenters. The van der Waals surface area contributed by atoms with Crippen LogP contribution in [0.4, 0.5) is 0 Å². The first kappa shape index (κ1) is 19.2. The maximum Gasteiger partial charge on any atom is 0.252 e. The number of amides is 1. The molecular formula is C25H26N2O2. The smallest absolute Gasteiger partial charge is 0.252 e. The molecule has 1 aromatic heterocycles. The SMILES string of the molecule is O=C(NCCC1=CCCCC1)c1cc(OCc2ccccc2)nc2ccccc12. The molecule has 0 radical (unpaired) electrons. The van der Waals surface area contributed by atoms with Gasteiger partial charge in [0.1, 0.15) is 6.61 Å². The number of aromatic nitrogens is 1. The first-order chi connectivity index (χ1) is 14.3. The Morgan fingerprint density at radius 1 is 1.03 bits per heavy atom. The first-order valence-corrected chi connectivity index (χ1v) is 10.3. The summed E-state index contributed by atoms with van der Waals surface area (Å²) in [6, 6.07) is 19.4. The molecule has 2 aromatic carbocycles. The molecule has 3 aromatic rings. The first-order valence-electron chi connectivity index (χ1n) is 10.3. The number of hydrogen-bond donors (Lipinski definition) is 1. The number of ether oxygens (including phenoxy) is 1. The zero-order valence-corrected chi connectivity index (χ0v) is 16.6. The number of fused-ring (bicyclic) bond motifs is 1. The zero-order valence-electron chi connectivity index (χ0n) is 16.6. The Hall–Kier alpha value is -3.14. The average molecular weight is 386 g/mol. The minimum Gasteiger partial charge on any atom is -0.473 e. The highest BCUT2D eigenvalue weighted by Gasteiger charge is 2.14. The molecule has 0 aliphatic heterocycles. The molecule has 4 nitrogen and oxygen atoms in total. The van der Waals surface area contributed by atoms with Crippen molar-refractivity contribution < 1.29 is 9.53 Å². The average Bonchev–Trinajstić information content (AvgIpc) is 2.78. The highest BCUT2D eigenvalue weighted by molar-refractivity contribution is 6.06. The van der Waals surface area contributed by atoms with Crippen LogP contribution in [0, 0.1) is 0 Å². The molecule has 1 aliphatic carbocycles. The number of nitrogens with one attached hydrogen (secondary N) is 1. The van der Waals surface area contributed by atoms with Gasteiger partial charge in [-0.15, -0.1) is 0 Å². The van der Waals surface area contributed by atoms with Crippen LogP contribution in [0.2, 0.25) is 0 Å². The number of carbonyl (C=O) groups excluding carboxylic acids is 1. The van der Waals surface area contributed by atoms with Gasteiger partial charge in [0.2, 0.25) is 5.88 Å². The summed E-state index contributed by atoms with van der Waals surface area (Å²) in [4.78, 5) is 17.5. The van der Waals surface area contributed by atoms with Gasteiger partial charge in [-0.25, -0.2) is 4.98 Å². The van der Waals surface area contributed by atoms with Gasteiger partial charge in [-0.1, -0.05) is 60.2 Å². The lowest BCUT2D eigenvalue weighted by atomic mass is 9.97. The van der Waals surface area contributed by atoms with E-state index in [0.29, 0.717) is 24.6 Å². The maximum absolute atomic E-state index is 12.9. The predicted octanol–water partition coefficient (Wildman–Crippen LogP) is 5.43. The van der Waals surface area contributed by atoms with Crippen LogP contribution in [-0.2, 0) is 6.61 Å². The Morgan fingerprint density at radius 2 is 1.86 bits per heavy atom. The van der Waals surface area contributed by atoms with Crippen molar-refractivity contribution >= 4 is 16.8 Å². The van der Waals surface area contributed by atoms with Crippen LogP contribution in [-0.4, -0.2) is 17.4 Å². The molecule has 0 spiro atoms. The van der Waals surface area contributed by atoms with E-state index in [2.05, 4.69) is 16.4 Å². The third-order valence-electron chi connectivity index (χ3n) is 5.28. The van der Waals surface area contributed by atoms with Crippen LogP contribution in [0.15, 0.2) is 72.3 Å². The molecule has 4 heteroatoms. The van der Waals surface area contributed by atoms with Crippen molar-refractivity contribution in [1.29, 1.82) is 0 Å². The number of benzene rings is 2. The summed E-state index contributed by atoms with van der Waals surface area (Å²) in [5.41, 5.74) is 3.90. The van der Waals surface area contributed by atoms with Crippen molar-refractivity contribution in [2.24, 2.45) is 0 Å². The van der Waals surface area contributed by atoms with E-state index >= 15 is 0 Å². The molecule has 148 valence electrons. The topological polar surface area (TPSA) is 51.2 Å². The number of carbonyl (C=O) groups is 1. The molecule has 0 saturated carbocycles. The third-order valence-corrected chi connectivity index (χ3v) is 5.28. The summed E-state index contributed by atoms with van der Waals surface area (Å²) in [6.45, 7) is 1.07. The van der Waals surface area contributed by atoms with Crippen LogP contribution in [0.25, 0.3) is 10.9 Å². The minimum absolute atomic E-state index is 0.0791. The normalized spacial score (nSPS) is 13.7. The van der Waals surface area contributed by atoms with Crippen LogP contribution in [0.1, 0.15) is 48.0 Å². The lowest BCUT2D eigenvalue weighted by Crippen LogP contribution is -2.25. The van der Waals surface area contributed by atoms with Gasteiger partial charge < -0.3 is 10.1 Å². The van der Waals surface area contributed by atoms with Crippen molar-refractivity contribution in [3.05, 3.63) is 83.4 Å². The lowest BCUT2D eigenvalue weighted by molar-refractivity contribution is 0.0955. The highest BCUT2D eigenvalue weighted by atomic mass is 16.5. The summed E-state index contributed by atoms with van der Waals surface area (Å²) in [5, 5.41) is 3.92. The number of hydrogen-bond acceptors (Lipinski definition) is 3. The Kier molecular flexibility index (Phi) is 6.20. The number of nitrogens with zero attached hydrogens (tertiary/aromatic N) is 1. The van der Waals surface area contributed by atoms with Crippen molar-refractivity contribution in [3.8, 4) is 5.88 Å². The summed E-state index contributed by atoms with van der Waals surface area (Å²) < 4.78 is 5.89. The Morgan fingerprint density at radius 3 is 2.69 bits per heavy atom. The fraction of sp³-hybridized carbons (Fsp3) is 0.280. The summed E-state index contributed by atoms with van der Waals surface area (Å²) in [7, 11) is 0. The van der Waals surface area contributed by atoms with Crippen molar-refractivity contribution in [3.63, 3.8) is 0 Å².